The van der Waals surface area contributed by atoms with Crippen LogP contribution < -0.4 is 10.1 Å². The zero-order valence-corrected chi connectivity index (χ0v) is 13.8. The second-order valence-corrected chi connectivity index (χ2v) is 6.26. The minimum atomic E-state index is 0.533. The zero-order chi connectivity index (χ0) is 16.4. The van der Waals surface area contributed by atoms with Gasteiger partial charge in [0.05, 0.1) is 6.61 Å². The van der Waals surface area contributed by atoms with Gasteiger partial charge in [0.15, 0.2) is 11.5 Å². The van der Waals surface area contributed by atoms with Crippen molar-refractivity contribution < 1.29 is 4.74 Å². The van der Waals surface area contributed by atoms with Gasteiger partial charge in [-0.25, -0.2) is 0 Å². The third-order valence-electron chi connectivity index (χ3n) is 4.15. The maximum Gasteiger partial charge on any atom is 0.178 e. The Labute approximate surface area is 140 Å². The van der Waals surface area contributed by atoms with Gasteiger partial charge < -0.3 is 10.1 Å². The average molecular weight is 323 g/mol. The average Bonchev–Trinajstić information content (AvgIpc) is 3.36. The molecule has 2 aromatic heterocycles. The van der Waals surface area contributed by atoms with E-state index in [9.17, 15) is 0 Å². The molecule has 1 fully saturated rings. The number of hydrogen-bond acceptors (Lipinski definition) is 5. The molecule has 0 radical (unpaired) electrons. The molecule has 124 valence electrons. The number of aryl methyl sites for hydroxylation is 1. The molecule has 1 saturated carbocycles. The largest absolute Gasteiger partial charge is 0.494 e. The molecule has 1 N–H and O–H groups in total. The van der Waals surface area contributed by atoms with Crippen molar-refractivity contribution in [3.63, 3.8) is 0 Å². The molecule has 6 heteroatoms. The molecule has 0 spiro atoms. The maximum absolute atomic E-state index is 5.73. The summed E-state index contributed by atoms with van der Waals surface area (Å²) in [7, 11) is 0. The van der Waals surface area contributed by atoms with E-state index in [-0.39, 0.29) is 0 Å². The summed E-state index contributed by atoms with van der Waals surface area (Å²) in [5.41, 5.74) is 2.05. The predicted molar refractivity (Wildman–Crippen MR) is 92.5 cm³/mol. The summed E-state index contributed by atoms with van der Waals surface area (Å²) in [6.45, 7) is 3.56. The summed E-state index contributed by atoms with van der Waals surface area (Å²) in [5.74, 6) is 3.28. The van der Waals surface area contributed by atoms with E-state index in [0.717, 1.165) is 36.0 Å². The monoisotopic (exact) mass is 323 g/mol. The quantitative estimate of drug-likeness (QED) is 0.677. The molecule has 0 aliphatic heterocycles. The van der Waals surface area contributed by atoms with Crippen molar-refractivity contribution in [2.45, 2.75) is 32.1 Å². The van der Waals surface area contributed by atoms with Crippen molar-refractivity contribution in [1.29, 1.82) is 0 Å². The molecular weight excluding hydrogens is 302 g/mol. The lowest BCUT2D eigenvalue weighted by atomic mass is 10.2. The molecule has 0 unspecified atom stereocenters. The fourth-order valence-electron chi connectivity index (χ4n) is 2.61. The van der Waals surface area contributed by atoms with Crippen LogP contribution in [0.15, 0.2) is 36.4 Å². The minimum Gasteiger partial charge on any atom is -0.494 e. The summed E-state index contributed by atoms with van der Waals surface area (Å²) in [6.07, 6.45) is 3.29. The zero-order valence-electron chi connectivity index (χ0n) is 13.8. The summed E-state index contributed by atoms with van der Waals surface area (Å²) in [6, 6.07) is 12.0. The van der Waals surface area contributed by atoms with Crippen LogP contribution in [0.3, 0.4) is 0 Å². The first-order valence-corrected chi connectivity index (χ1v) is 8.45. The lowest BCUT2D eigenvalue weighted by Gasteiger charge is -2.08. The first kappa shape index (κ1) is 14.9. The number of fused-ring (bicyclic) bond motifs is 1. The van der Waals surface area contributed by atoms with E-state index in [1.165, 1.54) is 18.4 Å². The highest BCUT2D eigenvalue weighted by atomic mass is 16.5. The molecule has 3 aromatic rings. The first-order chi connectivity index (χ1) is 11.8. The molecule has 1 aliphatic carbocycles. The van der Waals surface area contributed by atoms with E-state index >= 15 is 0 Å². The number of anilines is 1. The fourth-order valence-corrected chi connectivity index (χ4v) is 2.61. The van der Waals surface area contributed by atoms with Gasteiger partial charge in [-0.2, -0.15) is 4.52 Å². The van der Waals surface area contributed by atoms with Gasteiger partial charge >= 0.3 is 0 Å². The standard InChI is InChI=1S/C18H21N5O/c1-13-3-7-15(8-4-13)24-12-2-11-19-16-9-10-17-20-21-18(14-5-6-14)23(17)22-16/h3-4,7-10,14H,2,5-6,11-12H2,1H3,(H,19,22). The number of hydrogen-bond donors (Lipinski definition) is 1. The van der Waals surface area contributed by atoms with Gasteiger partial charge in [-0.1, -0.05) is 17.7 Å². The van der Waals surface area contributed by atoms with Crippen molar-refractivity contribution in [2.75, 3.05) is 18.5 Å². The second-order valence-electron chi connectivity index (χ2n) is 6.26. The van der Waals surface area contributed by atoms with Crippen LogP contribution >= 0.6 is 0 Å². The Morgan fingerprint density at radius 3 is 2.75 bits per heavy atom. The Morgan fingerprint density at radius 2 is 1.96 bits per heavy atom. The highest BCUT2D eigenvalue weighted by Gasteiger charge is 2.29. The van der Waals surface area contributed by atoms with Gasteiger partial charge in [-0.05, 0) is 50.5 Å². The van der Waals surface area contributed by atoms with Crippen molar-refractivity contribution in [2.24, 2.45) is 0 Å². The molecule has 6 nitrogen and oxygen atoms in total. The predicted octanol–water partition coefficient (Wildman–Crippen LogP) is 3.19. The SMILES string of the molecule is Cc1ccc(OCCCNc2ccc3nnc(C4CC4)n3n2)cc1. The molecular formula is C18H21N5O. The van der Waals surface area contributed by atoms with Crippen molar-refractivity contribution in [1.82, 2.24) is 19.8 Å². The highest BCUT2D eigenvalue weighted by molar-refractivity contribution is 5.44. The molecule has 0 saturated heterocycles. The van der Waals surface area contributed by atoms with Crippen LogP contribution in [0.25, 0.3) is 5.65 Å². The van der Waals surface area contributed by atoms with Crippen LogP contribution in [-0.4, -0.2) is 33.0 Å². The Morgan fingerprint density at radius 1 is 1.12 bits per heavy atom. The van der Waals surface area contributed by atoms with E-state index in [1.807, 2.05) is 28.8 Å². The Balaban J connectivity index is 1.28. The molecule has 1 aliphatic rings. The smallest absolute Gasteiger partial charge is 0.178 e. The van der Waals surface area contributed by atoms with Gasteiger partial charge in [-0.15, -0.1) is 15.3 Å². The number of nitrogens with zero attached hydrogens (tertiary/aromatic N) is 4. The van der Waals surface area contributed by atoms with E-state index in [1.54, 1.807) is 0 Å². The van der Waals surface area contributed by atoms with Crippen molar-refractivity contribution >= 4 is 11.5 Å². The first-order valence-electron chi connectivity index (χ1n) is 8.45. The van der Waals surface area contributed by atoms with Gasteiger partial charge in [0, 0.05) is 12.5 Å². The van der Waals surface area contributed by atoms with E-state index in [0.29, 0.717) is 12.5 Å². The molecule has 1 aromatic carbocycles. The highest BCUT2D eigenvalue weighted by Crippen LogP contribution is 2.38. The van der Waals surface area contributed by atoms with Crippen LogP contribution in [0, 0.1) is 6.92 Å². The van der Waals surface area contributed by atoms with Gasteiger partial charge in [0.2, 0.25) is 0 Å². The lowest BCUT2D eigenvalue weighted by Crippen LogP contribution is -2.10. The number of aromatic nitrogens is 4. The van der Waals surface area contributed by atoms with E-state index < -0.39 is 0 Å². The fraction of sp³-hybridized carbons (Fsp3) is 0.389. The summed E-state index contributed by atoms with van der Waals surface area (Å²) in [5, 5.41) is 16.4. The Bertz CT molecular complexity index is 823. The molecule has 2 heterocycles. The Hall–Kier alpha value is -2.63. The van der Waals surface area contributed by atoms with Crippen LogP contribution in [0.5, 0.6) is 5.75 Å². The minimum absolute atomic E-state index is 0.533. The molecule has 0 bridgehead atoms. The third kappa shape index (κ3) is 3.32. The summed E-state index contributed by atoms with van der Waals surface area (Å²) < 4.78 is 7.59. The Kier molecular flexibility index (Phi) is 4.02. The lowest BCUT2D eigenvalue weighted by molar-refractivity contribution is 0.315. The molecule has 24 heavy (non-hydrogen) atoms. The summed E-state index contributed by atoms with van der Waals surface area (Å²) >= 11 is 0. The van der Waals surface area contributed by atoms with Gasteiger partial charge in [0.25, 0.3) is 0 Å². The van der Waals surface area contributed by atoms with Gasteiger partial charge in [-0.3, -0.25) is 0 Å². The van der Waals surface area contributed by atoms with Crippen molar-refractivity contribution in [3.05, 3.63) is 47.8 Å². The molecule has 4 rings (SSSR count). The van der Waals surface area contributed by atoms with Crippen molar-refractivity contribution in [3.8, 4) is 5.75 Å². The number of benzene rings is 1. The molecule has 0 amide bonds. The summed E-state index contributed by atoms with van der Waals surface area (Å²) in [4.78, 5) is 0. The van der Waals surface area contributed by atoms with Crippen LogP contribution in [0.4, 0.5) is 5.82 Å². The van der Waals surface area contributed by atoms with Crippen LogP contribution in [-0.2, 0) is 0 Å². The number of rotatable bonds is 7. The topological polar surface area (TPSA) is 64.3 Å². The normalized spacial score (nSPS) is 14.0. The number of ether oxygens (including phenoxy) is 1. The number of nitrogens with one attached hydrogen (secondary N) is 1. The third-order valence-corrected chi connectivity index (χ3v) is 4.15. The second kappa shape index (κ2) is 6.47. The molecule has 0 atom stereocenters. The van der Waals surface area contributed by atoms with Crippen LogP contribution in [0.1, 0.15) is 36.6 Å². The van der Waals surface area contributed by atoms with Crippen LogP contribution in [0.2, 0.25) is 0 Å². The van der Waals surface area contributed by atoms with E-state index in [2.05, 4.69) is 39.7 Å². The van der Waals surface area contributed by atoms with E-state index in [4.69, 9.17) is 4.74 Å². The van der Waals surface area contributed by atoms with Gasteiger partial charge in [0.1, 0.15) is 11.6 Å². The maximum atomic E-state index is 5.73.